The monoisotopic (exact) mass is 305 g/mol. The molecule has 2 aromatic rings. The number of rotatable bonds is 5. The molecule has 1 aromatic heterocycles. The van der Waals surface area contributed by atoms with Gasteiger partial charge in [0.25, 0.3) is 0 Å². The summed E-state index contributed by atoms with van der Waals surface area (Å²) < 4.78 is 10.9. The Kier molecular flexibility index (Phi) is 4.96. The van der Waals surface area contributed by atoms with Gasteiger partial charge in [0.1, 0.15) is 22.2 Å². The maximum Gasteiger partial charge on any atom is 0.350 e. The zero-order valence-electron chi connectivity index (χ0n) is 12.7. The molecule has 0 aliphatic heterocycles. The normalized spacial score (nSPS) is 10.5. The van der Waals surface area contributed by atoms with Crippen molar-refractivity contribution >= 4 is 17.3 Å². The Morgan fingerprint density at radius 1 is 1.24 bits per heavy atom. The zero-order valence-corrected chi connectivity index (χ0v) is 13.5. The highest BCUT2D eigenvalue weighted by molar-refractivity contribution is 7.13. The molecule has 5 heteroatoms. The summed E-state index contributed by atoms with van der Waals surface area (Å²) in [5.41, 5.74) is 2.88. The van der Waals surface area contributed by atoms with E-state index in [9.17, 15) is 4.79 Å². The molecule has 1 aromatic carbocycles. The SMILES string of the molecule is CCOC(=O)c1sc(COc2c(C)cccc2C)nc1C. The minimum Gasteiger partial charge on any atom is -0.486 e. The Morgan fingerprint density at radius 2 is 1.90 bits per heavy atom. The van der Waals surface area contributed by atoms with Crippen LogP contribution in [0.5, 0.6) is 5.75 Å². The van der Waals surface area contributed by atoms with E-state index in [1.54, 1.807) is 6.92 Å². The van der Waals surface area contributed by atoms with Crippen molar-refractivity contribution in [3.8, 4) is 5.75 Å². The molecule has 0 amide bonds. The van der Waals surface area contributed by atoms with Gasteiger partial charge in [0.05, 0.1) is 12.3 Å². The molecule has 0 saturated carbocycles. The molecule has 0 bridgehead atoms. The van der Waals surface area contributed by atoms with Gasteiger partial charge in [-0.2, -0.15) is 0 Å². The zero-order chi connectivity index (χ0) is 15.4. The molecule has 0 N–H and O–H groups in total. The second-order valence-electron chi connectivity index (χ2n) is 4.75. The number of para-hydroxylation sites is 1. The van der Waals surface area contributed by atoms with Crippen molar-refractivity contribution in [2.24, 2.45) is 0 Å². The summed E-state index contributed by atoms with van der Waals surface area (Å²) in [6, 6.07) is 6.03. The van der Waals surface area contributed by atoms with Crippen LogP contribution in [0.2, 0.25) is 0 Å². The number of carbonyl (C=O) groups excluding carboxylic acids is 1. The quantitative estimate of drug-likeness (QED) is 0.788. The predicted octanol–water partition coefficient (Wildman–Crippen LogP) is 3.82. The van der Waals surface area contributed by atoms with Crippen LogP contribution in [0, 0.1) is 20.8 Å². The van der Waals surface area contributed by atoms with E-state index in [0.717, 1.165) is 21.9 Å². The summed E-state index contributed by atoms with van der Waals surface area (Å²) in [6.07, 6.45) is 0. The van der Waals surface area contributed by atoms with Crippen molar-refractivity contribution in [2.75, 3.05) is 6.61 Å². The van der Waals surface area contributed by atoms with Crippen molar-refractivity contribution < 1.29 is 14.3 Å². The van der Waals surface area contributed by atoms with E-state index in [4.69, 9.17) is 9.47 Å². The Morgan fingerprint density at radius 3 is 2.52 bits per heavy atom. The van der Waals surface area contributed by atoms with Crippen LogP contribution in [0.25, 0.3) is 0 Å². The fraction of sp³-hybridized carbons (Fsp3) is 0.375. The van der Waals surface area contributed by atoms with E-state index in [1.807, 2.05) is 39.0 Å². The van der Waals surface area contributed by atoms with Gasteiger partial charge in [-0.3, -0.25) is 0 Å². The molecule has 0 unspecified atom stereocenters. The van der Waals surface area contributed by atoms with Gasteiger partial charge < -0.3 is 9.47 Å². The van der Waals surface area contributed by atoms with E-state index in [0.29, 0.717) is 23.8 Å². The molecular formula is C16H19NO3S. The van der Waals surface area contributed by atoms with Crippen molar-refractivity contribution in [1.29, 1.82) is 0 Å². The molecule has 21 heavy (non-hydrogen) atoms. The summed E-state index contributed by atoms with van der Waals surface area (Å²) in [4.78, 5) is 16.7. The number of hydrogen-bond acceptors (Lipinski definition) is 5. The summed E-state index contributed by atoms with van der Waals surface area (Å²) in [5, 5.41) is 0.776. The lowest BCUT2D eigenvalue weighted by Crippen LogP contribution is -2.03. The van der Waals surface area contributed by atoms with E-state index in [2.05, 4.69) is 4.98 Å². The standard InChI is InChI=1S/C16H19NO3S/c1-5-19-16(18)15-12(4)17-13(21-15)9-20-14-10(2)7-6-8-11(14)3/h6-8H,5,9H2,1-4H3. The van der Waals surface area contributed by atoms with Gasteiger partial charge in [-0.05, 0) is 38.8 Å². The smallest absolute Gasteiger partial charge is 0.350 e. The van der Waals surface area contributed by atoms with Crippen LogP contribution in [0.15, 0.2) is 18.2 Å². The lowest BCUT2D eigenvalue weighted by Gasteiger charge is -2.10. The Bertz CT molecular complexity index is 629. The first kappa shape index (κ1) is 15.5. The van der Waals surface area contributed by atoms with E-state index < -0.39 is 0 Å². The van der Waals surface area contributed by atoms with Crippen LogP contribution in [-0.4, -0.2) is 17.6 Å². The van der Waals surface area contributed by atoms with Crippen LogP contribution < -0.4 is 4.74 Å². The molecule has 0 aliphatic carbocycles. The number of hydrogen-bond donors (Lipinski definition) is 0. The van der Waals surface area contributed by atoms with E-state index in [-0.39, 0.29) is 5.97 Å². The number of thiazole rings is 1. The summed E-state index contributed by atoms with van der Waals surface area (Å²) in [6.45, 7) is 8.35. The molecule has 0 spiro atoms. The largest absolute Gasteiger partial charge is 0.486 e. The number of aryl methyl sites for hydroxylation is 3. The summed E-state index contributed by atoms with van der Waals surface area (Å²) >= 11 is 1.33. The highest BCUT2D eigenvalue weighted by Gasteiger charge is 2.16. The third-order valence-electron chi connectivity index (χ3n) is 3.05. The fourth-order valence-electron chi connectivity index (χ4n) is 2.06. The van der Waals surface area contributed by atoms with Gasteiger partial charge in [0.15, 0.2) is 0 Å². The van der Waals surface area contributed by atoms with E-state index >= 15 is 0 Å². The summed E-state index contributed by atoms with van der Waals surface area (Å²) in [5.74, 6) is 0.564. The van der Waals surface area contributed by atoms with Gasteiger partial charge in [-0.25, -0.2) is 9.78 Å². The minimum atomic E-state index is -0.314. The van der Waals surface area contributed by atoms with Gasteiger partial charge in [-0.15, -0.1) is 11.3 Å². The van der Waals surface area contributed by atoms with Crippen molar-refractivity contribution in [1.82, 2.24) is 4.98 Å². The molecule has 0 atom stereocenters. The third-order valence-corrected chi connectivity index (χ3v) is 4.16. The molecule has 4 nitrogen and oxygen atoms in total. The second-order valence-corrected chi connectivity index (χ2v) is 5.84. The maximum absolute atomic E-state index is 11.8. The summed E-state index contributed by atoms with van der Waals surface area (Å²) in [7, 11) is 0. The van der Waals surface area contributed by atoms with Crippen LogP contribution in [0.4, 0.5) is 0 Å². The molecular weight excluding hydrogens is 286 g/mol. The van der Waals surface area contributed by atoms with Crippen LogP contribution in [0.3, 0.4) is 0 Å². The van der Waals surface area contributed by atoms with Crippen molar-refractivity contribution in [3.63, 3.8) is 0 Å². The van der Waals surface area contributed by atoms with Gasteiger partial charge in [-0.1, -0.05) is 18.2 Å². The second kappa shape index (κ2) is 6.72. The van der Waals surface area contributed by atoms with Crippen LogP contribution in [-0.2, 0) is 11.3 Å². The molecule has 0 fully saturated rings. The lowest BCUT2D eigenvalue weighted by molar-refractivity contribution is 0.0531. The molecule has 0 saturated heterocycles. The van der Waals surface area contributed by atoms with Gasteiger partial charge >= 0.3 is 5.97 Å². The topological polar surface area (TPSA) is 48.4 Å². The Hall–Kier alpha value is -1.88. The average molecular weight is 305 g/mol. The average Bonchev–Trinajstić information content (AvgIpc) is 2.80. The molecule has 0 radical (unpaired) electrons. The Labute approximate surface area is 128 Å². The first-order chi connectivity index (χ1) is 10.0. The van der Waals surface area contributed by atoms with Crippen LogP contribution >= 0.6 is 11.3 Å². The molecule has 1 heterocycles. The minimum absolute atomic E-state index is 0.314. The Balaban J connectivity index is 2.11. The number of carbonyl (C=O) groups is 1. The predicted molar refractivity (Wildman–Crippen MR) is 83.1 cm³/mol. The number of aromatic nitrogens is 1. The number of esters is 1. The third kappa shape index (κ3) is 3.61. The van der Waals surface area contributed by atoms with Crippen molar-refractivity contribution in [3.05, 3.63) is 44.9 Å². The highest BCUT2D eigenvalue weighted by atomic mass is 32.1. The molecule has 112 valence electrons. The number of benzene rings is 1. The van der Waals surface area contributed by atoms with Gasteiger partial charge in [0.2, 0.25) is 0 Å². The lowest BCUT2D eigenvalue weighted by atomic mass is 10.1. The van der Waals surface area contributed by atoms with Crippen molar-refractivity contribution in [2.45, 2.75) is 34.3 Å². The molecule has 0 aliphatic rings. The number of ether oxygens (including phenoxy) is 2. The highest BCUT2D eigenvalue weighted by Crippen LogP contribution is 2.25. The fourth-order valence-corrected chi connectivity index (χ4v) is 2.93. The van der Waals surface area contributed by atoms with Crippen LogP contribution in [0.1, 0.15) is 38.4 Å². The molecule has 2 rings (SSSR count). The van der Waals surface area contributed by atoms with Gasteiger partial charge in [0, 0.05) is 0 Å². The first-order valence-corrected chi connectivity index (χ1v) is 7.67. The maximum atomic E-state index is 11.8. The first-order valence-electron chi connectivity index (χ1n) is 6.85. The number of nitrogens with zero attached hydrogens (tertiary/aromatic N) is 1. The van der Waals surface area contributed by atoms with E-state index in [1.165, 1.54) is 11.3 Å².